The van der Waals surface area contributed by atoms with Gasteiger partial charge in [0, 0.05) is 50.8 Å². The lowest BCUT2D eigenvalue weighted by atomic mass is 10.2. The molecule has 0 saturated carbocycles. The normalized spacial score (nSPS) is 24.0. The lowest BCUT2D eigenvalue weighted by Gasteiger charge is -2.30. The minimum atomic E-state index is 0.439. The quantitative estimate of drug-likeness (QED) is 0.770. The Hall–Kier alpha value is -0.460. The van der Waals surface area contributed by atoms with E-state index in [1.54, 1.807) is 0 Å². The maximum atomic E-state index is 5.82. The van der Waals surface area contributed by atoms with E-state index in [1.165, 1.54) is 17.7 Å². The van der Waals surface area contributed by atoms with Crippen LogP contribution in [0.5, 0.6) is 0 Å². The first-order valence-corrected chi connectivity index (χ1v) is 8.94. The van der Waals surface area contributed by atoms with Crippen LogP contribution >= 0.6 is 11.3 Å². The van der Waals surface area contributed by atoms with Crippen LogP contribution in [0.1, 0.15) is 17.7 Å². The summed E-state index contributed by atoms with van der Waals surface area (Å²) >= 11 is 1.85. The van der Waals surface area contributed by atoms with Gasteiger partial charge in [-0.2, -0.15) is 0 Å². The molecule has 2 aliphatic heterocycles. The second-order valence-electron chi connectivity index (χ2n) is 5.90. The van der Waals surface area contributed by atoms with E-state index in [-0.39, 0.29) is 0 Å². The molecule has 1 aromatic rings. The molecule has 21 heavy (non-hydrogen) atoms. The van der Waals surface area contributed by atoms with Crippen molar-refractivity contribution in [2.75, 3.05) is 52.5 Å². The van der Waals surface area contributed by atoms with Crippen LogP contribution in [0.4, 0.5) is 0 Å². The molecule has 4 nitrogen and oxygen atoms in total. The van der Waals surface area contributed by atoms with Crippen molar-refractivity contribution in [1.29, 1.82) is 0 Å². The van der Waals surface area contributed by atoms with Gasteiger partial charge in [-0.1, -0.05) is 6.07 Å². The molecule has 0 aromatic carbocycles. The predicted octanol–water partition coefficient (Wildman–Crippen LogP) is 2.06. The van der Waals surface area contributed by atoms with Gasteiger partial charge in [-0.25, -0.2) is 0 Å². The number of nitrogens with zero attached hydrogens (tertiary/aromatic N) is 2. The molecule has 0 amide bonds. The monoisotopic (exact) mass is 310 g/mol. The third kappa shape index (κ3) is 5.04. The summed E-state index contributed by atoms with van der Waals surface area (Å²) < 4.78 is 11.2. The van der Waals surface area contributed by atoms with E-state index in [0.29, 0.717) is 6.10 Å². The minimum Gasteiger partial charge on any atom is -0.379 e. The molecule has 2 fully saturated rings. The van der Waals surface area contributed by atoms with Crippen molar-refractivity contribution >= 4 is 11.3 Å². The number of thiophene rings is 1. The first kappa shape index (κ1) is 15.4. The molecule has 1 unspecified atom stereocenters. The Bertz CT molecular complexity index is 387. The number of hydrogen-bond acceptors (Lipinski definition) is 5. The third-order valence-electron chi connectivity index (χ3n) is 4.28. The summed E-state index contributed by atoms with van der Waals surface area (Å²) in [5.74, 6) is 0. The highest BCUT2D eigenvalue weighted by Crippen LogP contribution is 2.17. The van der Waals surface area contributed by atoms with Gasteiger partial charge in [-0.3, -0.25) is 9.80 Å². The van der Waals surface area contributed by atoms with E-state index in [1.807, 2.05) is 11.3 Å². The first-order chi connectivity index (χ1) is 10.4. The summed E-state index contributed by atoms with van der Waals surface area (Å²) in [5, 5.41) is 2.17. The molecule has 3 heterocycles. The number of rotatable bonds is 7. The summed E-state index contributed by atoms with van der Waals surface area (Å²) in [4.78, 5) is 6.53. The maximum Gasteiger partial charge on any atom is 0.0702 e. The SMILES string of the molecule is c1csc(CN(CCN2CCOCC2)CC2CCCO2)c1. The Kier molecular flexibility index (Phi) is 6.06. The second-order valence-corrected chi connectivity index (χ2v) is 6.94. The minimum absolute atomic E-state index is 0.439. The largest absolute Gasteiger partial charge is 0.379 e. The van der Waals surface area contributed by atoms with Crippen molar-refractivity contribution in [3.63, 3.8) is 0 Å². The fraction of sp³-hybridized carbons (Fsp3) is 0.750. The molecule has 2 saturated heterocycles. The highest BCUT2D eigenvalue weighted by Gasteiger charge is 2.20. The molecule has 3 rings (SSSR count). The highest BCUT2D eigenvalue weighted by molar-refractivity contribution is 7.09. The van der Waals surface area contributed by atoms with Crippen molar-refractivity contribution in [2.24, 2.45) is 0 Å². The van der Waals surface area contributed by atoms with Crippen molar-refractivity contribution in [2.45, 2.75) is 25.5 Å². The molecule has 1 aromatic heterocycles. The number of hydrogen-bond donors (Lipinski definition) is 0. The highest BCUT2D eigenvalue weighted by atomic mass is 32.1. The van der Waals surface area contributed by atoms with Crippen LogP contribution in [-0.2, 0) is 16.0 Å². The lowest BCUT2D eigenvalue weighted by Crippen LogP contribution is -2.42. The molecular weight excluding hydrogens is 284 g/mol. The zero-order valence-electron chi connectivity index (χ0n) is 12.7. The predicted molar refractivity (Wildman–Crippen MR) is 85.8 cm³/mol. The molecule has 1 atom stereocenters. The van der Waals surface area contributed by atoms with Crippen LogP contribution in [0.3, 0.4) is 0 Å². The van der Waals surface area contributed by atoms with Gasteiger partial charge < -0.3 is 9.47 Å². The number of ether oxygens (including phenoxy) is 2. The Morgan fingerprint density at radius 2 is 2.19 bits per heavy atom. The second kappa shape index (κ2) is 8.25. The molecule has 2 aliphatic rings. The van der Waals surface area contributed by atoms with E-state index < -0.39 is 0 Å². The molecule has 0 spiro atoms. The summed E-state index contributed by atoms with van der Waals surface area (Å²) in [6.07, 6.45) is 2.88. The van der Waals surface area contributed by atoms with E-state index in [4.69, 9.17) is 9.47 Å². The van der Waals surface area contributed by atoms with E-state index in [9.17, 15) is 0 Å². The Morgan fingerprint density at radius 1 is 1.29 bits per heavy atom. The Balaban J connectivity index is 1.49. The Morgan fingerprint density at radius 3 is 2.90 bits per heavy atom. The third-order valence-corrected chi connectivity index (χ3v) is 5.14. The molecule has 0 N–H and O–H groups in total. The molecule has 0 aliphatic carbocycles. The fourth-order valence-corrected chi connectivity index (χ4v) is 3.79. The van der Waals surface area contributed by atoms with Crippen LogP contribution in [0, 0.1) is 0 Å². The summed E-state index contributed by atoms with van der Waals surface area (Å²) in [6.45, 7) is 9.26. The molecule has 5 heteroatoms. The van der Waals surface area contributed by atoms with Crippen LogP contribution in [0.15, 0.2) is 17.5 Å². The molecule has 0 radical (unpaired) electrons. The zero-order chi connectivity index (χ0) is 14.3. The van der Waals surface area contributed by atoms with E-state index in [2.05, 4.69) is 27.3 Å². The average Bonchev–Trinajstić information content (AvgIpc) is 3.20. The number of morpholine rings is 1. The molecular formula is C16H26N2O2S. The summed E-state index contributed by atoms with van der Waals surface area (Å²) in [6, 6.07) is 4.38. The van der Waals surface area contributed by atoms with Gasteiger partial charge in [0.1, 0.15) is 0 Å². The van der Waals surface area contributed by atoms with Crippen LogP contribution in [0.2, 0.25) is 0 Å². The topological polar surface area (TPSA) is 24.9 Å². The van der Waals surface area contributed by atoms with Crippen LogP contribution < -0.4 is 0 Å². The zero-order valence-corrected chi connectivity index (χ0v) is 13.5. The Labute approximate surface area is 131 Å². The van der Waals surface area contributed by atoms with Crippen molar-refractivity contribution in [1.82, 2.24) is 9.80 Å². The smallest absolute Gasteiger partial charge is 0.0702 e. The van der Waals surface area contributed by atoms with Crippen LogP contribution in [0.25, 0.3) is 0 Å². The summed E-state index contributed by atoms with van der Waals surface area (Å²) in [5.41, 5.74) is 0. The fourth-order valence-electron chi connectivity index (χ4n) is 3.04. The van der Waals surface area contributed by atoms with Crippen molar-refractivity contribution in [3.8, 4) is 0 Å². The van der Waals surface area contributed by atoms with Crippen molar-refractivity contribution < 1.29 is 9.47 Å². The van der Waals surface area contributed by atoms with Crippen LogP contribution in [-0.4, -0.2) is 68.4 Å². The van der Waals surface area contributed by atoms with Gasteiger partial charge in [0.05, 0.1) is 19.3 Å². The summed E-state index contributed by atoms with van der Waals surface area (Å²) in [7, 11) is 0. The average molecular weight is 310 g/mol. The first-order valence-electron chi connectivity index (χ1n) is 8.06. The lowest BCUT2D eigenvalue weighted by molar-refractivity contribution is 0.0267. The van der Waals surface area contributed by atoms with E-state index >= 15 is 0 Å². The maximum absolute atomic E-state index is 5.82. The van der Waals surface area contributed by atoms with Crippen molar-refractivity contribution in [3.05, 3.63) is 22.4 Å². The van der Waals surface area contributed by atoms with Gasteiger partial charge in [0.15, 0.2) is 0 Å². The standard InChI is InChI=1S/C16H26N2O2S/c1-3-15(20-9-1)13-18(14-16-4-2-12-21-16)6-5-17-7-10-19-11-8-17/h2,4,12,15H,1,3,5-11,13-14H2. The van der Waals surface area contributed by atoms with Gasteiger partial charge in [0.25, 0.3) is 0 Å². The van der Waals surface area contributed by atoms with E-state index in [0.717, 1.165) is 59.1 Å². The molecule has 0 bridgehead atoms. The molecule has 118 valence electrons. The van der Waals surface area contributed by atoms with Gasteiger partial charge in [0.2, 0.25) is 0 Å². The van der Waals surface area contributed by atoms with Gasteiger partial charge in [-0.15, -0.1) is 11.3 Å². The van der Waals surface area contributed by atoms with Gasteiger partial charge in [-0.05, 0) is 24.3 Å². The van der Waals surface area contributed by atoms with Gasteiger partial charge >= 0.3 is 0 Å².